The second-order valence-electron chi connectivity index (χ2n) is 10.1. The summed E-state index contributed by atoms with van der Waals surface area (Å²) in [6, 6.07) is 3.84. The van der Waals surface area contributed by atoms with Crippen LogP contribution in [0.3, 0.4) is 0 Å². The number of rotatable bonds is 4. The molecule has 7 heteroatoms. The van der Waals surface area contributed by atoms with Crippen LogP contribution in [-0.4, -0.2) is 49.7 Å². The normalized spacial score (nSPS) is 35.5. The van der Waals surface area contributed by atoms with Crippen LogP contribution in [0.2, 0.25) is 0 Å². The minimum atomic E-state index is -0.201. The summed E-state index contributed by atoms with van der Waals surface area (Å²) < 4.78 is 8.16. The van der Waals surface area contributed by atoms with Crippen molar-refractivity contribution in [3.8, 4) is 5.75 Å². The molecule has 2 aromatic rings. The number of nitrogens with zero attached hydrogens (tertiary/aromatic N) is 5. The molecule has 1 amide bonds. The van der Waals surface area contributed by atoms with Gasteiger partial charge in [0.2, 0.25) is 5.91 Å². The summed E-state index contributed by atoms with van der Waals surface area (Å²) in [5.74, 6) is 2.50. The first-order valence-corrected chi connectivity index (χ1v) is 11.4. The zero-order valence-corrected chi connectivity index (χ0v) is 17.3. The van der Waals surface area contributed by atoms with Gasteiger partial charge in [0.1, 0.15) is 24.5 Å². The zero-order valence-electron chi connectivity index (χ0n) is 17.3. The number of amides is 1. The van der Waals surface area contributed by atoms with Gasteiger partial charge >= 0.3 is 0 Å². The van der Waals surface area contributed by atoms with E-state index in [-0.39, 0.29) is 17.1 Å². The van der Waals surface area contributed by atoms with Crippen molar-refractivity contribution in [2.45, 2.75) is 63.0 Å². The molecule has 7 nitrogen and oxygen atoms in total. The lowest BCUT2D eigenvalue weighted by Crippen LogP contribution is -2.62. The molecular formula is C23H29N5O2. The van der Waals surface area contributed by atoms with Gasteiger partial charge in [-0.05, 0) is 62.5 Å². The smallest absolute Gasteiger partial charge is 0.228 e. The summed E-state index contributed by atoms with van der Waals surface area (Å²) >= 11 is 0. The lowest BCUT2D eigenvalue weighted by molar-refractivity contribution is -0.168. The molecule has 5 fully saturated rings. The molecular weight excluding hydrogens is 378 g/mol. The molecule has 5 aliphatic rings. The Morgan fingerprint density at radius 1 is 1.10 bits per heavy atom. The third-order valence-corrected chi connectivity index (χ3v) is 8.05. The molecule has 0 unspecified atom stereocenters. The van der Waals surface area contributed by atoms with E-state index < -0.39 is 0 Å². The van der Waals surface area contributed by atoms with E-state index in [0.717, 1.165) is 63.8 Å². The summed E-state index contributed by atoms with van der Waals surface area (Å²) in [7, 11) is 0. The molecule has 2 atom stereocenters. The molecule has 0 radical (unpaired) electrons. The highest BCUT2D eigenvalue weighted by atomic mass is 16.5. The summed E-state index contributed by atoms with van der Waals surface area (Å²) in [5.41, 5.74) is -0.203. The van der Waals surface area contributed by atoms with Crippen LogP contribution in [0.5, 0.6) is 5.75 Å². The number of carbonyl (C=O) groups is 1. The third-order valence-electron chi connectivity index (χ3n) is 8.05. The van der Waals surface area contributed by atoms with Gasteiger partial charge in [0.05, 0.1) is 17.2 Å². The highest BCUT2D eigenvalue weighted by Gasteiger charge is 2.62. The molecule has 4 bridgehead atoms. The Labute approximate surface area is 176 Å². The van der Waals surface area contributed by atoms with E-state index in [1.54, 1.807) is 18.7 Å². The quantitative estimate of drug-likeness (QED) is 0.779. The standard InChI is InChI=1S/C23H29N5O2/c29-21(27-6-3-19(4-7-27)30-20-2-1-5-24-13-20)22-9-17-8-18(10-22)12-23(11-17,14-22)28-16-25-15-26-28/h1-2,5,13,15-19H,3-4,6-12,14H2/t17-,18-,22?,23?/m1/s1. The van der Waals surface area contributed by atoms with E-state index in [4.69, 9.17) is 4.74 Å². The Bertz CT molecular complexity index is 893. The fourth-order valence-corrected chi connectivity index (χ4v) is 7.31. The van der Waals surface area contributed by atoms with Crippen molar-refractivity contribution < 1.29 is 9.53 Å². The molecule has 0 aromatic carbocycles. The Morgan fingerprint density at radius 3 is 2.57 bits per heavy atom. The van der Waals surface area contributed by atoms with Gasteiger partial charge in [0.25, 0.3) is 0 Å². The summed E-state index contributed by atoms with van der Waals surface area (Å²) in [6.45, 7) is 1.58. The summed E-state index contributed by atoms with van der Waals surface area (Å²) in [6.07, 6.45) is 15.6. The van der Waals surface area contributed by atoms with Gasteiger partial charge in [-0.25, -0.2) is 9.67 Å². The Hall–Kier alpha value is -2.44. The topological polar surface area (TPSA) is 73.1 Å². The fraction of sp³-hybridized carbons (Fsp3) is 0.652. The van der Waals surface area contributed by atoms with E-state index in [9.17, 15) is 4.79 Å². The van der Waals surface area contributed by atoms with Crippen LogP contribution in [0.25, 0.3) is 0 Å². The number of hydrogen-bond acceptors (Lipinski definition) is 5. The fourth-order valence-electron chi connectivity index (χ4n) is 7.31. The van der Waals surface area contributed by atoms with E-state index in [1.807, 2.05) is 18.5 Å². The highest BCUT2D eigenvalue weighted by molar-refractivity contribution is 5.83. The SMILES string of the molecule is O=C(N1CCC(Oc2cccnc2)CC1)C12C[C@H]3C[C@H](C1)CC(n1cncn1)(C3)C2. The number of pyridine rings is 1. The molecule has 0 N–H and O–H groups in total. The molecule has 1 aliphatic heterocycles. The summed E-state index contributed by atoms with van der Waals surface area (Å²) in [4.78, 5) is 24.3. The van der Waals surface area contributed by atoms with Crippen LogP contribution in [0.4, 0.5) is 0 Å². The molecule has 1 saturated heterocycles. The van der Waals surface area contributed by atoms with Crippen LogP contribution in [0.15, 0.2) is 37.2 Å². The first-order chi connectivity index (χ1) is 14.6. The molecule has 4 saturated carbocycles. The first kappa shape index (κ1) is 18.3. The molecule has 0 spiro atoms. The maximum absolute atomic E-state index is 13.9. The highest BCUT2D eigenvalue weighted by Crippen LogP contribution is 2.64. The average Bonchev–Trinajstić information content (AvgIpc) is 3.30. The van der Waals surface area contributed by atoms with Gasteiger partial charge in [-0.2, -0.15) is 5.10 Å². The maximum Gasteiger partial charge on any atom is 0.228 e. The molecule has 7 rings (SSSR count). The third kappa shape index (κ3) is 2.93. The van der Waals surface area contributed by atoms with Crippen molar-refractivity contribution in [1.82, 2.24) is 24.6 Å². The number of ether oxygens (including phenoxy) is 1. The molecule has 30 heavy (non-hydrogen) atoms. The molecule has 2 aromatic heterocycles. The number of hydrogen-bond donors (Lipinski definition) is 0. The van der Waals surface area contributed by atoms with Gasteiger partial charge in [0.15, 0.2) is 0 Å². The Balaban J connectivity index is 1.17. The maximum atomic E-state index is 13.9. The van der Waals surface area contributed by atoms with Gasteiger partial charge in [0, 0.05) is 32.1 Å². The predicted molar refractivity (Wildman–Crippen MR) is 110 cm³/mol. The monoisotopic (exact) mass is 407 g/mol. The second kappa shape index (κ2) is 6.79. The summed E-state index contributed by atoms with van der Waals surface area (Å²) in [5, 5.41) is 4.52. The number of likely N-dealkylation sites (tertiary alicyclic amines) is 1. The van der Waals surface area contributed by atoms with Crippen molar-refractivity contribution in [2.24, 2.45) is 17.3 Å². The van der Waals surface area contributed by atoms with Crippen LogP contribution >= 0.6 is 0 Å². The number of carbonyl (C=O) groups excluding carboxylic acids is 1. The van der Waals surface area contributed by atoms with Gasteiger partial charge in [-0.15, -0.1) is 0 Å². The van der Waals surface area contributed by atoms with Gasteiger partial charge in [-0.3, -0.25) is 9.78 Å². The molecule has 4 aliphatic carbocycles. The lowest BCUT2D eigenvalue weighted by Gasteiger charge is -2.61. The van der Waals surface area contributed by atoms with E-state index in [2.05, 4.69) is 24.6 Å². The van der Waals surface area contributed by atoms with E-state index >= 15 is 0 Å². The average molecular weight is 408 g/mol. The van der Waals surface area contributed by atoms with Crippen molar-refractivity contribution in [2.75, 3.05) is 13.1 Å². The van der Waals surface area contributed by atoms with Crippen molar-refractivity contribution >= 4 is 5.91 Å². The van der Waals surface area contributed by atoms with Crippen LogP contribution < -0.4 is 4.74 Å². The number of piperidine rings is 1. The van der Waals surface area contributed by atoms with E-state index in [0.29, 0.717) is 17.7 Å². The minimum Gasteiger partial charge on any atom is -0.489 e. The lowest BCUT2D eigenvalue weighted by atomic mass is 9.46. The van der Waals surface area contributed by atoms with E-state index in [1.165, 1.54) is 6.42 Å². The minimum absolute atomic E-state index is 0.00200. The number of aromatic nitrogens is 4. The predicted octanol–water partition coefficient (Wildman–Crippen LogP) is 3.04. The Kier molecular flexibility index (Phi) is 4.15. The van der Waals surface area contributed by atoms with Crippen molar-refractivity contribution in [3.05, 3.63) is 37.2 Å². The van der Waals surface area contributed by atoms with Crippen LogP contribution in [0, 0.1) is 17.3 Å². The Morgan fingerprint density at radius 2 is 1.90 bits per heavy atom. The zero-order chi connectivity index (χ0) is 20.2. The molecule has 158 valence electrons. The van der Waals surface area contributed by atoms with Gasteiger partial charge < -0.3 is 9.64 Å². The largest absolute Gasteiger partial charge is 0.489 e. The van der Waals surface area contributed by atoms with Crippen molar-refractivity contribution in [1.29, 1.82) is 0 Å². The van der Waals surface area contributed by atoms with Crippen molar-refractivity contribution in [3.63, 3.8) is 0 Å². The van der Waals surface area contributed by atoms with Crippen LogP contribution in [0.1, 0.15) is 51.4 Å². The molecule has 3 heterocycles. The van der Waals surface area contributed by atoms with Gasteiger partial charge in [-0.1, -0.05) is 0 Å². The second-order valence-corrected chi connectivity index (χ2v) is 10.1. The van der Waals surface area contributed by atoms with Crippen LogP contribution in [-0.2, 0) is 10.3 Å². The first-order valence-electron chi connectivity index (χ1n) is 11.4.